The monoisotopic (exact) mass is 320 g/mol. The Kier molecular flexibility index (Phi) is 4.41. The van der Waals surface area contributed by atoms with Crippen molar-refractivity contribution in [3.05, 3.63) is 12.2 Å². The number of amides is 1. The Bertz CT molecular complexity index is 543. The molecule has 3 aliphatic rings. The molecule has 23 heavy (non-hydrogen) atoms. The van der Waals surface area contributed by atoms with Gasteiger partial charge < -0.3 is 19.5 Å². The second-order valence-corrected chi connectivity index (χ2v) is 6.69. The number of piperidine rings is 1. The maximum atomic E-state index is 12.9. The number of esters is 1. The molecule has 1 aliphatic heterocycles. The molecule has 0 aromatic heterocycles. The molecule has 0 N–H and O–H groups in total. The van der Waals surface area contributed by atoms with E-state index in [1.54, 1.807) is 11.8 Å². The highest BCUT2D eigenvalue weighted by atomic mass is 16.5. The van der Waals surface area contributed by atoms with Crippen LogP contribution in [0, 0.1) is 29.6 Å². The predicted octanol–water partition coefficient (Wildman–Crippen LogP) is -0.0237. The van der Waals surface area contributed by atoms with Gasteiger partial charge in [0.1, 0.15) is 0 Å². The normalized spacial score (nSPS) is 35.3. The number of likely N-dealkylation sites (tertiary alicyclic amines) is 1. The van der Waals surface area contributed by atoms with Gasteiger partial charge in [0.05, 0.1) is 18.4 Å². The van der Waals surface area contributed by atoms with Gasteiger partial charge in [-0.05, 0) is 38.0 Å². The third-order valence-corrected chi connectivity index (χ3v) is 5.37. The van der Waals surface area contributed by atoms with E-state index < -0.39 is 17.8 Å². The average molecular weight is 320 g/mol. The van der Waals surface area contributed by atoms with E-state index >= 15 is 0 Å². The Morgan fingerprint density at radius 2 is 1.91 bits per heavy atom. The first-order valence-corrected chi connectivity index (χ1v) is 8.37. The van der Waals surface area contributed by atoms with Crippen molar-refractivity contribution in [2.75, 3.05) is 19.7 Å². The molecule has 5 atom stereocenters. The maximum absolute atomic E-state index is 12.9. The maximum Gasteiger partial charge on any atom is 0.310 e. The fraction of sp³-hybridized carbons (Fsp3) is 0.706. The summed E-state index contributed by atoms with van der Waals surface area (Å²) in [6.07, 6.45) is 6.02. The van der Waals surface area contributed by atoms with E-state index in [-0.39, 0.29) is 29.6 Å². The van der Waals surface area contributed by atoms with Gasteiger partial charge in [0.25, 0.3) is 0 Å². The quantitative estimate of drug-likeness (QED) is 0.536. The fourth-order valence-electron chi connectivity index (χ4n) is 4.32. The topological polar surface area (TPSA) is 86.7 Å². The molecule has 0 unspecified atom stereocenters. The number of carboxylic acid groups (broad SMARTS) is 1. The lowest BCUT2D eigenvalue weighted by Gasteiger charge is -2.37. The van der Waals surface area contributed by atoms with Crippen molar-refractivity contribution >= 4 is 17.8 Å². The van der Waals surface area contributed by atoms with Crippen molar-refractivity contribution in [3.8, 4) is 0 Å². The van der Waals surface area contributed by atoms with Gasteiger partial charge in [0.15, 0.2) is 0 Å². The number of carboxylic acids is 1. The van der Waals surface area contributed by atoms with Crippen molar-refractivity contribution in [2.24, 2.45) is 29.6 Å². The van der Waals surface area contributed by atoms with Crippen LogP contribution in [-0.4, -0.2) is 42.4 Å². The second-order valence-electron chi connectivity index (χ2n) is 6.69. The molecule has 2 fully saturated rings. The van der Waals surface area contributed by atoms with Crippen LogP contribution >= 0.6 is 0 Å². The van der Waals surface area contributed by atoms with Gasteiger partial charge in [-0.3, -0.25) is 9.59 Å². The summed E-state index contributed by atoms with van der Waals surface area (Å²) >= 11 is 0. The van der Waals surface area contributed by atoms with E-state index in [0.717, 1.165) is 6.42 Å². The molecule has 2 bridgehead atoms. The second kappa shape index (κ2) is 6.34. The summed E-state index contributed by atoms with van der Waals surface area (Å²) < 4.78 is 5.05. The summed E-state index contributed by atoms with van der Waals surface area (Å²) in [7, 11) is 0. The van der Waals surface area contributed by atoms with E-state index in [4.69, 9.17) is 4.74 Å². The largest absolute Gasteiger partial charge is 0.550 e. The highest BCUT2D eigenvalue weighted by Gasteiger charge is 2.50. The molecule has 0 aromatic rings. The smallest absolute Gasteiger partial charge is 0.310 e. The average Bonchev–Trinajstić information content (AvgIpc) is 3.15. The van der Waals surface area contributed by atoms with Crippen LogP contribution in [0.4, 0.5) is 0 Å². The molecule has 0 aromatic carbocycles. The highest BCUT2D eigenvalue weighted by molar-refractivity contribution is 5.87. The van der Waals surface area contributed by atoms with Gasteiger partial charge in [-0.25, -0.2) is 0 Å². The van der Waals surface area contributed by atoms with E-state index in [1.807, 2.05) is 12.2 Å². The third kappa shape index (κ3) is 2.86. The van der Waals surface area contributed by atoms with Crippen LogP contribution < -0.4 is 5.11 Å². The number of allylic oxidation sites excluding steroid dienone is 2. The summed E-state index contributed by atoms with van der Waals surface area (Å²) in [5.41, 5.74) is 0. The van der Waals surface area contributed by atoms with E-state index in [9.17, 15) is 19.5 Å². The van der Waals surface area contributed by atoms with Crippen LogP contribution in [0.3, 0.4) is 0 Å². The molecule has 1 amide bonds. The Hall–Kier alpha value is -1.85. The summed E-state index contributed by atoms with van der Waals surface area (Å²) in [5.74, 6) is -3.25. The Morgan fingerprint density at radius 1 is 1.22 bits per heavy atom. The standard InChI is InChI=1S/C17H23NO5/c1-2-23-17(22)12-4-3-7-18(9-12)15(19)13-10-5-6-11(8-10)14(13)16(20)21/h5-6,10-14H,2-4,7-9H2,1H3,(H,20,21)/p-1/t10-,11+,12-,13+,14-/m1/s1. The summed E-state index contributed by atoms with van der Waals surface area (Å²) in [6, 6.07) is 0. The van der Waals surface area contributed by atoms with Gasteiger partial charge in [-0.2, -0.15) is 0 Å². The van der Waals surface area contributed by atoms with Crippen LogP contribution in [0.25, 0.3) is 0 Å². The molecule has 0 spiro atoms. The van der Waals surface area contributed by atoms with Gasteiger partial charge in [0.2, 0.25) is 5.91 Å². The molecule has 6 nitrogen and oxygen atoms in total. The zero-order chi connectivity index (χ0) is 16.6. The lowest BCUT2D eigenvalue weighted by Crippen LogP contribution is -2.50. The summed E-state index contributed by atoms with van der Waals surface area (Å²) in [4.78, 5) is 37.9. The molecule has 126 valence electrons. The van der Waals surface area contributed by atoms with Crippen LogP contribution in [-0.2, 0) is 19.1 Å². The number of hydrogen-bond acceptors (Lipinski definition) is 5. The van der Waals surface area contributed by atoms with Crippen LogP contribution in [0.2, 0.25) is 0 Å². The molecule has 1 heterocycles. The van der Waals surface area contributed by atoms with Crippen LogP contribution in [0.5, 0.6) is 0 Å². The molecular formula is C17H22NO5-. The van der Waals surface area contributed by atoms with Crippen molar-refractivity contribution in [1.29, 1.82) is 0 Å². The molecule has 0 radical (unpaired) electrons. The summed E-state index contributed by atoms with van der Waals surface area (Å²) in [5, 5.41) is 11.5. The first-order valence-electron chi connectivity index (χ1n) is 8.37. The molecule has 1 saturated carbocycles. The number of hydrogen-bond donors (Lipinski definition) is 0. The first kappa shape index (κ1) is 16.0. The lowest BCUT2D eigenvalue weighted by atomic mass is 9.81. The Balaban J connectivity index is 1.71. The first-order chi connectivity index (χ1) is 11.0. The highest BCUT2D eigenvalue weighted by Crippen LogP contribution is 2.48. The van der Waals surface area contributed by atoms with Crippen molar-refractivity contribution in [2.45, 2.75) is 26.2 Å². The zero-order valence-corrected chi connectivity index (χ0v) is 13.3. The fourth-order valence-corrected chi connectivity index (χ4v) is 4.32. The Morgan fingerprint density at radius 3 is 2.57 bits per heavy atom. The van der Waals surface area contributed by atoms with E-state index in [1.165, 1.54) is 0 Å². The van der Waals surface area contributed by atoms with E-state index in [0.29, 0.717) is 32.5 Å². The van der Waals surface area contributed by atoms with Crippen LogP contribution in [0.1, 0.15) is 26.2 Å². The number of nitrogens with zero attached hydrogens (tertiary/aromatic N) is 1. The Labute approximate surface area is 135 Å². The number of aliphatic carboxylic acids is 1. The molecular weight excluding hydrogens is 298 g/mol. The van der Waals surface area contributed by atoms with Crippen molar-refractivity contribution in [3.63, 3.8) is 0 Å². The molecule has 1 saturated heterocycles. The van der Waals surface area contributed by atoms with Crippen molar-refractivity contribution in [1.82, 2.24) is 4.90 Å². The third-order valence-electron chi connectivity index (χ3n) is 5.37. The summed E-state index contributed by atoms with van der Waals surface area (Å²) in [6.45, 7) is 2.99. The minimum atomic E-state index is -1.14. The van der Waals surface area contributed by atoms with Gasteiger partial charge in [0, 0.05) is 25.0 Å². The van der Waals surface area contributed by atoms with Gasteiger partial charge in [-0.15, -0.1) is 0 Å². The van der Waals surface area contributed by atoms with Crippen molar-refractivity contribution < 1.29 is 24.2 Å². The minimum Gasteiger partial charge on any atom is -0.550 e. The molecule has 6 heteroatoms. The molecule has 2 aliphatic carbocycles. The predicted molar refractivity (Wildman–Crippen MR) is 78.7 cm³/mol. The number of fused-ring (bicyclic) bond motifs is 2. The van der Waals surface area contributed by atoms with E-state index in [2.05, 4.69) is 0 Å². The van der Waals surface area contributed by atoms with Gasteiger partial charge >= 0.3 is 5.97 Å². The van der Waals surface area contributed by atoms with Crippen LogP contribution in [0.15, 0.2) is 12.2 Å². The zero-order valence-electron chi connectivity index (χ0n) is 13.3. The minimum absolute atomic E-state index is 0.0154. The number of carbonyl (C=O) groups excluding carboxylic acids is 3. The molecule has 3 rings (SSSR count). The number of rotatable bonds is 4. The van der Waals surface area contributed by atoms with Gasteiger partial charge in [-0.1, -0.05) is 12.2 Å². The lowest BCUT2D eigenvalue weighted by molar-refractivity contribution is -0.313. The SMILES string of the molecule is CCOC(=O)[C@@H]1CCCN(C(=O)[C@@H]2[C@H](C(=O)[O-])[C@H]3C=C[C@@H]2C3)C1. The number of ether oxygens (including phenoxy) is 1. The number of carbonyl (C=O) groups is 3.